The minimum absolute atomic E-state index is 0.141. The standard InChI is InChI=1S/C18H17N7O/c19-10-24-7-5-13(9-24)18-23-14(15-16(20)22-6-8-25(15)18)11-1-3-12(4-2-11)17(21)26/h1-4,6,8,13H,5,7,9H2,(H2,20,22)(H2,21,26). The Labute approximate surface area is 149 Å². The molecule has 2 aromatic heterocycles. The number of fused-ring (bicyclic) bond motifs is 1. The Morgan fingerprint density at radius 1 is 1.31 bits per heavy atom. The van der Waals surface area contributed by atoms with Gasteiger partial charge in [-0.1, -0.05) is 12.1 Å². The number of aromatic nitrogens is 3. The number of carbonyl (C=O) groups is 1. The van der Waals surface area contributed by atoms with E-state index in [1.54, 1.807) is 35.4 Å². The predicted molar refractivity (Wildman–Crippen MR) is 95.9 cm³/mol. The van der Waals surface area contributed by atoms with E-state index in [1.165, 1.54) is 0 Å². The summed E-state index contributed by atoms with van der Waals surface area (Å²) in [7, 11) is 0. The minimum atomic E-state index is -0.476. The summed E-state index contributed by atoms with van der Waals surface area (Å²) in [6.07, 6.45) is 6.53. The molecule has 130 valence electrons. The summed E-state index contributed by atoms with van der Waals surface area (Å²) in [5.41, 5.74) is 14.1. The number of imidazole rings is 1. The smallest absolute Gasteiger partial charge is 0.248 e. The first-order chi connectivity index (χ1) is 12.6. The molecule has 0 radical (unpaired) electrons. The van der Waals surface area contributed by atoms with Crippen LogP contribution in [0.3, 0.4) is 0 Å². The fourth-order valence-corrected chi connectivity index (χ4v) is 3.43. The number of hydrogen-bond acceptors (Lipinski definition) is 6. The fraction of sp³-hybridized carbons (Fsp3) is 0.222. The van der Waals surface area contributed by atoms with E-state index >= 15 is 0 Å². The van der Waals surface area contributed by atoms with Crippen molar-refractivity contribution in [1.29, 1.82) is 5.26 Å². The van der Waals surface area contributed by atoms with Gasteiger partial charge < -0.3 is 16.4 Å². The van der Waals surface area contributed by atoms with Gasteiger partial charge in [-0.2, -0.15) is 5.26 Å². The highest BCUT2D eigenvalue weighted by atomic mass is 16.1. The van der Waals surface area contributed by atoms with E-state index in [4.69, 9.17) is 21.7 Å². The zero-order valence-corrected chi connectivity index (χ0v) is 14.0. The van der Waals surface area contributed by atoms with Gasteiger partial charge in [0.25, 0.3) is 0 Å². The number of primary amides is 1. The highest BCUT2D eigenvalue weighted by Crippen LogP contribution is 2.33. The number of hydrogen-bond donors (Lipinski definition) is 2. The Morgan fingerprint density at radius 3 is 2.73 bits per heavy atom. The molecule has 0 spiro atoms. The summed E-state index contributed by atoms with van der Waals surface area (Å²) >= 11 is 0. The molecule has 8 heteroatoms. The van der Waals surface area contributed by atoms with Crippen molar-refractivity contribution in [2.75, 3.05) is 18.8 Å². The second-order valence-corrected chi connectivity index (χ2v) is 6.32. The van der Waals surface area contributed by atoms with Crippen LogP contribution in [0.25, 0.3) is 16.8 Å². The fourth-order valence-electron chi connectivity index (χ4n) is 3.43. The second kappa shape index (κ2) is 6.04. The molecular formula is C18H17N7O. The topological polar surface area (TPSA) is 126 Å². The maximum atomic E-state index is 11.3. The molecule has 1 amide bonds. The summed E-state index contributed by atoms with van der Waals surface area (Å²) in [5, 5.41) is 9.12. The minimum Gasteiger partial charge on any atom is -0.382 e. The highest BCUT2D eigenvalue weighted by molar-refractivity contribution is 5.94. The van der Waals surface area contributed by atoms with Crippen LogP contribution >= 0.6 is 0 Å². The number of nitrogen functional groups attached to an aromatic ring is 1. The monoisotopic (exact) mass is 347 g/mol. The Balaban J connectivity index is 1.85. The van der Waals surface area contributed by atoms with Crippen LogP contribution in [0.15, 0.2) is 36.7 Å². The first-order valence-corrected chi connectivity index (χ1v) is 8.26. The highest BCUT2D eigenvalue weighted by Gasteiger charge is 2.28. The molecule has 3 aromatic rings. The van der Waals surface area contributed by atoms with Gasteiger partial charge in [0, 0.05) is 42.5 Å². The summed E-state index contributed by atoms with van der Waals surface area (Å²) in [6.45, 7) is 1.36. The van der Waals surface area contributed by atoms with Crippen LogP contribution in [-0.2, 0) is 0 Å². The molecule has 1 saturated heterocycles. The van der Waals surface area contributed by atoms with Crippen LogP contribution in [0, 0.1) is 11.5 Å². The predicted octanol–water partition coefficient (Wildman–Crippen LogP) is 1.35. The van der Waals surface area contributed by atoms with Gasteiger partial charge in [0.1, 0.15) is 22.9 Å². The molecule has 1 atom stereocenters. The number of anilines is 1. The summed E-state index contributed by atoms with van der Waals surface area (Å²) in [6, 6.07) is 6.94. The lowest BCUT2D eigenvalue weighted by Crippen LogP contribution is -2.14. The van der Waals surface area contributed by atoms with Gasteiger partial charge in [0.05, 0.1) is 0 Å². The van der Waals surface area contributed by atoms with Gasteiger partial charge in [-0.15, -0.1) is 0 Å². The van der Waals surface area contributed by atoms with Crippen molar-refractivity contribution in [2.24, 2.45) is 5.73 Å². The number of amides is 1. The molecule has 4 rings (SSSR count). The third kappa shape index (κ3) is 2.50. The number of nitrogens with zero attached hydrogens (tertiary/aromatic N) is 5. The molecule has 0 aliphatic carbocycles. The molecule has 1 unspecified atom stereocenters. The normalized spacial score (nSPS) is 16.7. The second-order valence-electron chi connectivity index (χ2n) is 6.32. The Kier molecular flexibility index (Phi) is 3.69. The summed E-state index contributed by atoms with van der Waals surface area (Å²) < 4.78 is 1.95. The quantitative estimate of drug-likeness (QED) is 0.689. The largest absolute Gasteiger partial charge is 0.382 e. The van der Waals surface area contributed by atoms with E-state index in [0.29, 0.717) is 23.6 Å². The maximum absolute atomic E-state index is 11.3. The van der Waals surface area contributed by atoms with Crippen LogP contribution in [0.1, 0.15) is 28.5 Å². The Hall–Kier alpha value is -3.60. The van der Waals surface area contributed by atoms with Crippen molar-refractivity contribution >= 4 is 17.2 Å². The molecule has 3 heterocycles. The molecule has 1 aliphatic rings. The van der Waals surface area contributed by atoms with E-state index in [9.17, 15) is 4.79 Å². The maximum Gasteiger partial charge on any atom is 0.248 e. The lowest BCUT2D eigenvalue weighted by atomic mass is 10.1. The number of nitriles is 1. The zero-order valence-electron chi connectivity index (χ0n) is 14.0. The van der Waals surface area contributed by atoms with E-state index in [2.05, 4.69) is 11.2 Å². The van der Waals surface area contributed by atoms with Crippen LogP contribution in [0.2, 0.25) is 0 Å². The zero-order chi connectivity index (χ0) is 18.3. The lowest BCUT2D eigenvalue weighted by molar-refractivity contribution is 0.100. The number of carbonyl (C=O) groups excluding carboxylic acids is 1. The van der Waals surface area contributed by atoms with Crippen LogP contribution in [0.5, 0.6) is 0 Å². The first-order valence-electron chi connectivity index (χ1n) is 8.26. The molecule has 1 aromatic carbocycles. The van der Waals surface area contributed by atoms with Crippen LogP contribution in [-0.4, -0.2) is 38.3 Å². The average molecular weight is 347 g/mol. The van der Waals surface area contributed by atoms with Gasteiger partial charge in [-0.05, 0) is 18.6 Å². The number of rotatable bonds is 3. The van der Waals surface area contributed by atoms with Crippen LogP contribution < -0.4 is 11.5 Å². The number of likely N-dealkylation sites (tertiary alicyclic amines) is 1. The third-order valence-corrected chi connectivity index (χ3v) is 4.75. The van der Waals surface area contributed by atoms with Gasteiger partial charge >= 0.3 is 0 Å². The van der Waals surface area contributed by atoms with Gasteiger partial charge in [-0.25, -0.2) is 9.97 Å². The van der Waals surface area contributed by atoms with E-state index in [0.717, 1.165) is 29.9 Å². The average Bonchev–Trinajstić information content (AvgIpc) is 3.27. The molecule has 1 aliphatic heterocycles. The van der Waals surface area contributed by atoms with Crippen molar-refractivity contribution in [3.8, 4) is 17.5 Å². The molecule has 4 N–H and O–H groups in total. The molecule has 0 bridgehead atoms. The first kappa shape index (κ1) is 15.9. The summed E-state index contributed by atoms with van der Waals surface area (Å²) in [4.78, 5) is 22.1. The van der Waals surface area contributed by atoms with Crippen molar-refractivity contribution in [2.45, 2.75) is 12.3 Å². The van der Waals surface area contributed by atoms with Crippen molar-refractivity contribution < 1.29 is 4.79 Å². The van der Waals surface area contributed by atoms with Gasteiger partial charge in [-0.3, -0.25) is 9.20 Å². The number of nitrogens with two attached hydrogens (primary N) is 2. The van der Waals surface area contributed by atoms with E-state index in [-0.39, 0.29) is 5.92 Å². The third-order valence-electron chi connectivity index (χ3n) is 4.75. The van der Waals surface area contributed by atoms with E-state index < -0.39 is 5.91 Å². The van der Waals surface area contributed by atoms with Crippen molar-refractivity contribution in [3.63, 3.8) is 0 Å². The van der Waals surface area contributed by atoms with Gasteiger partial charge in [0.15, 0.2) is 6.19 Å². The molecular weight excluding hydrogens is 330 g/mol. The SMILES string of the molecule is N#CN1CCC(c2nc(-c3ccc(C(N)=O)cc3)c3c(N)nccn23)C1. The van der Waals surface area contributed by atoms with Crippen molar-refractivity contribution in [3.05, 3.63) is 48.0 Å². The van der Waals surface area contributed by atoms with Crippen LogP contribution in [0.4, 0.5) is 5.82 Å². The molecule has 8 nitrogen and oxygen atoms in total. The van der Waals surface area contributed by atoms with Crippen molar-refractivity contribution in [1.82, 2.24) is 19.3 Å². The molecule has 26 heavy (non-hydrogen) atoms. The number of benzene rings is 1. The van der Waals surface area contributed by atoms with Gasteiger partial charge in [0.2, 0.25) is 5.91 Å². The molecule has 1 fully saturated rings. The lowest BCUT2D eigenvalue weighted by Gasteiger charge is -2.08. The molecule has 0 saturated carbocycles. The summed E-state index contributed by atoms with van der Waals surface area (Å²) in [5.74, 6) is 0.912. The Bertz CT molecular complexity index is 1030. The Morgan fingerprint density at radius 2 is 2.08 bits per heavy atom. The van der Waals surface area contributed by atoms with E-state index in [1.807, 2.05) is 10.6 Å².